The molecule has 0 bridgehead atoms. The molecule has 0 aromatic heterocycles. The minimum absolute atomic E-state index is 0.368. The average Bonchev–Trinajstić information content (AvgIpc) is 2.24. The molecule has 1 aromatic carbocycles. The van der Waals surface area contributed by atoms with Crippen LogP contribution in [0.4, 0.5) is 0 Å². The van der Waals surface area contributed by atoms with Crippen LogP contribution < -0.4 is 0 Å². The van der Waals surface area contributed by atoms with Gasteiger partial charge in [-0.05, 0) is 54.9 Å². The first-order valence-corrected chi connectivity index (χ1v) is 6.37. The van der Waals surface area contributed by atoms with Crippen molar-refractivity contribution in [1.82, 2.24) is 0 Å². The maximum absolute atomic E-state index is 10.4. The zero-order valence-electron chi connectivity index (χ0n) is 11.1. The molecule has 1 aromatic rings. The van der Waals surface area contributed by atoms with Crippen molar-refractivity contribution >= 4 is 0 Å². The van der Waals surface area contributed by atoms with Gasteiger partial charge >= 0.3 is 0 Å². The fourth-order valence-electron chi connectivity index (χ4n) is 2.78. The van der Waals surface area contributed by atoms with E-state index in [1.54, 1.807) is 6.92 Å². The largest absolute Gasteiger partial charge is 0.387 e. The SMILES string of the molecule is Cc1ccc(C(C)C)c2c1CC[C@@](C)(O)[C@H]2O. The molecule has 1 aliphatic rings. The van der Waals surface area contributed by atoms with E-state index < -0.39 is 11.7 Å². The van der Waals surface area contributed by atoms with Crippen LogP contribution in [0.5, 0.6) is 0 Å². The third kappa shape index (κ3) is 2.00. The molecule has 1 aliphatic carbocycles. The van der Waals surface area contributed by atoms with E-state index in [-0.39, 0.29) is 0 Å². The molecule has 0 fully saturated rings. The van der Waals surface area contributed by atoms with Crippen LogP contribution in [0.1, 0.15) is 61.5 Å². The van der Waals surface area contributed by atoms with Gasteiger partial charge in [0.2, 0.25) is 0 Å². The second-order valence-electron chi connectivity index (χ2n) is 5.78. The molecule has 0 radical (unpaired) electrons. The normalized spacial score (nSPS) is 28.3. The summed E-state index contributed by atoms with van der Waals surface area (Å²) in [5.74, 6) is 0.368. The van der Waals surface area contributed by atoms with E-state index >= 15 is 0 Å². The Morgan fingerprint density at radius 3 is 2.59 bits per heavy atom. The number of hydrogen-bond donors (Lipinski definition) is 2. The van der Waals surface area contributed by atoms with Crippen LogP contribution in [0.2, 0.25) is 0 Å². The molecule has 0 heterocycles. The highest BCUT2D eigenvalue weighted by Crippen LogP contribution is 2.42. The molecule has 2 heteroatoms. The minimum atomic E-state index is -0.996. The third-order valence-corrected chi connectivity index (χ3v) is 3.99. The van der Waals surface area contributed by atoms with Crippen molar-refractivity contribution in [2.75, 3.05) is 0 Å². The van der Waals surface area contributed by atoms with Gasteiger partial charge in [-0.15, -0.1) is 0 Å². The van der Waals surface area contributed by atoms with Gasteiger partial charge in [0.1, 0.15) is 6.10 Å². The maximum Gasteiger partial charge on any atom is 0.108 e. The van der Waals surface area contributed by atoms with Gasteiger partial charge in [0, 0.05) is 0 Å². The Labute approximate surface area is 103 Å². The van der Waals surface area contributed by atoms with Crippen LogP contribution in [0.15, 0.2) is 12.1 Å². The molecule has 0 saturated carbocycles. The molecule has 0 amide bonds. The Kier molecular flexibility index (Phi) is 3.04. The Morgan fingerprint density at radius 1 is 1.35 bits per heavy atom. The van der Waals surface area contributed by atoms with Crippen molar-refractivity contribution in [3.8, 4) is 0 Å². The first-order valence-electron chi connectivity index (χ1n) is 6.37. The molecule has 17 heavy (non-hydrogen) atoms. The molecule has 0 aliphatic heterocycles. The quantitative estimate of drug-likeness (QED) is 0.784. The molecule has 0 spiro atoms. The number of aryl methyl sites for hydroxylation is 1. The standard InChI is InChI=1S/C15H22O2/c1-9(2)11-6-5-10(3)12-7-8-15(4,17)14(16)13(11)12/h5-6,9,14,16-17H,7-8H2,1-4H3/t14-,15+/m0/s1. The number of rotatable bonds is 1. The predicted molar refractivity (Wildman–Crippen MR) is 69.2 cm³/mol. The summed E-state index contributed by atoms with van der Waals surface area (Å²) in [6, 6.07) is 4.21. The predicted octanol–water partition coefficient (Wildman–Crippen LogP) is 2.85. The summed E-state index contributed by atoms with van der Waals surface area (Å²) in [4.78, 5) is 0. The summed E-state index contributed by atoms with van der Waals surface area (Å²) in [6.07, 6.45) is 0.721. The Bertz CT molecular complexity index is 433. The van der Waals surface area contributed by atoms with E-state index in [4.69, 9.17) is 0 Å². The summed E-state index contributed by atoms with van der Waals surface area (Å²) < 4.78 is 0. The number of aliphatic hydroxyl groups excluding tert-OH is 1. The summed E-state index contributed by atoms with van der Waals surface area (Å²) in [5.41, 5.74) is 3.59. The fourth-order valence-corrected chi connectivity index (χ4v) is 2.78. The third-order valence-electron chi connectivity index (χ3n) is 3.99. The van der Waals surface area contributed by atoms with Crippen LogP contribution in [0, 0.1) is 6.92 Å². The molecule has 2 nitrogen and oxygen atoms in total. The second kappa shape index (κ2) is 4.11. The van der Waals surface area contributed by atoms with Crippen LogP contribution in [-0.4, -0.2) is 15.8 Å². The van der Waals surface area contributed by atoms with Crippen molar-refractivity contribution in [2.24, 2.45) is 0 Å². The number of benzene rings is 1. The zero-order chi connectivity index (χ0) is 12.8. The van der Waals surface area contributed by atoms with Gasteiger partial charge < -0.3 is 10.2 Å². The Hall–Kier alpha value is -0.860. The lowest BCUT2D eigenvalue weighted by Crippen LogP contribution is -2.38. The van der Waals surface area contributed by atoms with Gasteiger partial charge in [-0.2, -0.15) is 0 Å². The molecule has 2 atom stereocenters. The lowest BCUT2D eigenvalue weighted by atomic mass is 9.74. The smallest absolute Gasteiger partial charge is 0.108 e. The van der Waals surface area contributed by atoms with Crippen LogP contribution in [0.25, 0.3) is 0 Å². The van der Waals surface area contributed by atoms with Crippen LogP contribution >= 0.6 is 0 Å². The number of aliphatic hydroxyl groups is 2. The summed E-state index contributed by atoms with van der Waals surface area (Å²) in [5, 5.41) is 20.6. The van der Waals surface area contributed by atoms with Crippen molar-refractivity contribution in [1.29, 1.82) is 0 Å². The monoisotopic (exact) mass is 234 g/mol. The molecular formula is C15H22O2. The van der Waals surface area contributed by atoms with Crippen molar-refractivity contribution < 1.29 is 10.2 Å². The maximum atomic E-state index is 10.4. The van der Waals surface area contributed by atoms with Crippen LogP contribution in [0.3, 0.4) is 0 Å². The molecule has 0 saturated heterocycles. The van der Waals surface area contributed by atoms with Gasteiger partial charge in [0.15, 0.2) is 0 Å². The summed E-state index contributed by atoms with van der Waals surface area (Å²) >= 11 is 0. The molecular weight excluding hydrogens is 212 g/mol. The lowest BCUT2D eigenvalue weighted by Gasteiger charge is -2.38. The van der Waals surface area contributed by atoms with E-state index in [1.807, 2.05) is 0 Å². The van der Waals surface area contributed by atoms with Crippen molar-refractivity contribution in [3.63, 3.8) is 0 Å². The first kappa shape index (κ1) is 12.6. The minimum Gasteiger partial charge on any atom is -0.387 e. The second-order valence-corrected chi connectivity index (χ2v) is 5.78. The topological polar surface area (TPSA) is 40.5 Å². The Balaban J connectivity index is 2.63. The van der Waals surface area contributed by atoms with E-state index in [0.29, 0.717) is 12.3 Å². The molecule has 2 rings (SSSR count). The van der Waals surface area contributed by atoms with Gasteiger partial charge in [-0.1, -0.05) is 26.0 Å². The highest BCUT2D eigenvalue weighted by molar-refractivity contribution is 5.46. The summed E-state index contributed by atoms with van der Waals surface area (Å²) in [7, 11) is 0. The number of fused-ring (bicyclic) bond motifs is 1. The lowest BCUT2D eigenvalue weighted by molar-refractivity contribution is -0.0757. The highest BCUT2D eigenvalue weighted by Gasteiger charge is 2.38. The highest BCUT2D eigenvalue weighted by atomic mass is 16.3. The zero-order valence-corrected chi connectivity index (χ0v) is 11.1. The Morgan fingerprint density at radius 2 is 2.00 bits per heavy atom. The number of hydrogen-bond acceptors (Lipinski definition) is 2. The molecule has 0 unspecified atom stereocenters. The van der Waals surface area contributed by atoms with Gasteiger partial charge in [-0.3, -0.25) is 0 Å². The first-order chi connectivity index (χ1) is 7.84. The van der Waals surface area contributed by atoms with E-state index in [9.17, 15) is 10.2 Å². The molecule has 2 N–H and O–H groups in total. The average molecular weight is 234 g/mol. The van der Waals surface area contributed by atoms with Gasteiger partial charge in [0.05, 0.1) is 5.60 Å². The van der Waals surface area contributed by atoms with Crippen molar-refractivity contribution in [2.45, 2.75) is 58.2 Å². The van der Waals surface area contributed by atoms with Gasteiger partial charge in [-0.25, -0.2) is 0 Å². The van der Waals surface area contributed by atoms with Crippen molar-refractivity contribution in [3.05, 3.63) is 34.4 Å². The van der Waals surface area contributed by atoms with Crippen LogP contribution in [-0.2, 0) is 6.42 Å². The van der Waals surface area contributed by atoms with E-state index in [1.165, 1.54) is 11.1 Å². The molecule has 94 valence electrons. The van der Waals surface area contributed by atoms with E-state index in [2.05, 4.69) is 32.9 Å². The van der Waals surface area contributed by atoms with Gasteiger partial charge in [0.25, 0.3) is 0 Å². The van der Waals surface area contributed by atoms with E-state index in [0.717, 1.165) is 17.5 Å². The summed E-state index contributed by atoms with van der Waals surface area (Å²) in [6.45, 7) is 8.06. The fraction of sp³-hybridized carbons (Fsp3) is 0.600.